The minimum absolute atomic E-state index is 0.111. The molecule has 0 spiro atoms. The Balaban J connectivity index is 2.78. The Morgan fingerprint density at radius 3 is 2.46 bits per heavy atom. The van der Waals surface area contributed by atoms with Crippen LogP contribution < -0.4 is 14.9 Å². The number of benzene rings is 1. The molecular weight excluding hydrogens is 316 g/mol. The molecule has 1 aromatic carbocycles. The molecule has 2 rings (SSSR count). The number of esters is 1. The fraction of sp³-hybridized carbons (Fsp3) is 0.353. The van der Waals surface area contributed by atoms with E-state index in [1.807, 2.05) is 0 Å². The number of aryl methyl sites for hydroxylation is 1. The Kier molecular flexibility index (Phi) is 4.92. The largest absolute Gasteiger partial charge is 0.493 e. The number of carboxylic acids is 1. The normalized spacial score (nSPS) is 12.0. The SMILES string of the molecule is CCC(C(=O)O)c1c(C)oc2cc(OC(C)=O)c(OC)cc2c1=O. The molecule has 0 fully saturated rings. The number of fused-ring (bicyclic) bond motifs is 1. The molecule has 1 atom stereocenters. The highest BCUT2D eigenvalue weighted by atomic mass is 16.6. The fourth-order valence-corrected chi connectivity index (χ4v) is 2.63. The quantitative estimate of drug-likeness (QED) is 0.662. The summed E-state index contributed by atoms with van der Waals surface area (Å²) in [6.45, 7) is 4.47. The lowest BCUT2D eigenvalue weighted by Gasteiger charge is -2.14. The van der Waals surface area contributed by atoms with E-state index in [9.17, 15) is 19.5 Å². The van der Waals surface area contributed by atoms with E-state index in [1.54, 1.807) is 6.92 Å². The number of aliphatic carboxylic acids is 1. The summed E-state index contributed by atoms with van der Waals surface area (Å²) in [6.07, 6.45) is 0.259. The van der Waals surface area contributed by atoms with Gasteiger partial charge in [-0.2, -0.15) is 0 Å². The van der Waals surface area contributed by atoms with E-state index in [-0.39, 0.29) is 40.2 Å². The van der Waals surface area contributed by atoms with Crippen LogP contribution in [0.2, 0.25) is 0 Å². The van der Waals surface area contributed by atoms with Gasteiger partial charge in [-0.3, -0.25) is 14.4 Å². The molecule has 24 heavy (non-hydrogen) atoms. The Morgan fingerprint density at radius 1 is 1.29 bits per heavy atom. The van der Waals surface area contributed by atoms with Gasteiger partial charge in [-0.05, 0) is 19.4 Å². The molecular formula is C17H18O7. The van der Waals surface area contributed by atoms with E-state index in [4.69, 9.17) is 13.9 Å². The van der Waals surface area contributed by atoms with E-state index in [0.717, 1.165) is 0 Å². The van der Waals surface area contributed by atoms with E-state index in [2.05, 4.69) is 0 Å². The van der Waals surface area contributed by atoms with Gasteiger partial charge in [0.15, 0.2) is 16.9 Å². The smallest absolute Gasteiger partial charge is 0.311 e. The van der Waals surface area contributed by atoms with Gasteiger partial charge in [0, 0.05) is 13.0 Å². The standard InChI is InChI=1S/C17H18O7/c1-5-10(17(20)21)15-8(2)23-12-7-14(24-9(3)18)13(22-4)6-11(12)16(15)19/h6-7,10H,5H2,1-4H3,(H,20,21). The van der Waals surface area contributed by atoms with Crippen molar-refractivity contribution in [3.8, 4) is 11.5 Å². The second-order valence-electron chi connectivity index (χ2n) is 5.29. The summed E-state index contributed by atoms with van der Waals surface area (Å²) in [5.74, 6) is -2.05. The molecule has 2 aromatic rings. The number of methoxy groups -OCH3 is 1. The second kappa shape index (κ2) is 6.74. The third-order valence-electron chi connectivity index (χ3n) is 3.71. The summed E-state index contributed by atoms with van der Waals surface area (Å²) >= 11 is 0. The van der Waals surface area contributed by atoms with Gasteiger partial charge in [0.05, 0.1) is 24.0 Å². The monoisotopic (exact) mass is 334 g/mol. The first-order valence-corrected chi connectivity index (χ1v) is 7.36. The van der Waals surface area contributed by atoms with Crippen LogP contribution in [0, 0.1) is 6.92 Å². The summed E-state index contributed by atoms with van der Waals surface area (Å²) in [6, 6.07) is 2.77. The summed E-state index contributed by atoms with van der Waals surface area (Å²) in [7, 11) is 1.37. The maximum atomic E-state index is 12.8. The highest BCUT2D eigenvalue weighted by Gasteiger charge is 2.26. The first-order valence-electron chi connectivity index (χ1n) is 7.36. The van der Waals surface area contributed by atoms with E-state index >= 15 is 0 Å². The van der Waals surface area contributed by atoms with Crippen molar-refractivity contribution in [2.75, 3.05) is 7.11 Å². The number of carboxylic acid groups (broad SMARTS) is 1. The number of carbonyl (C=O) groups is 2. The van der Waals surface area contributed by atoms with Gasteiger partial charge in [-0.1, -0.05) is 6.92 Å². The Bertz CT molecular complexity index is 863. The molecule has 1 N–H and O–H groups in total. The molecule has 0 amide bonds. The molecule has 0 saturated carbocycles. The Labute approximate surface area is 137 Å². The molecule has 1 heterocycles. The van der Waals surface area contributed by atoms with Crippen LogP contribution >= 0.6 is 0 Å². The zero-order valence-corrected chi connectivity index (χ0v) is 13.8. The molecule has 7 heteroatoms. The molecule has 1 aromatic heterocycles. The van der Waals surface area contributed by atoms with Crippen LogP contribution in [-0.4, -0.2) is 24.2 Å². The maximum Gasteiger partial charge on any atom is 0.311 e. The molecule has 1 unspecified atom stereocenters. The van der Waals surface area contributed by atoms with Gasteiger partial charge < -0.3 is 19.0 Å². The molecule has 0 aliphatic carbocycles. The van der Waals surface area contributed by atoms with Crippen LogP contribution in [-0.2, 0) is 9.59 Å². The van der Waals surface area contributed by atoms with Crippen LogP contribution in [0.1, 0.15) is 37.5 Å². The number of hydrogen-bond donors (Lipinski definition) is 1. The third kappa shape index (κ3) is 3.10. The Hall–Kier alpha value is -2.83. The molecule has 0 aliphatic heterocycles. The third-order valence-corrected chi connectivity index (χ3v) is 3.71. The van der Waals surface area contributed by atoms with Crippen molar-refractivity contribution in [2.24, 2.45) is 0 Å². The minimum Gasteiger partial charge on any atom is -0.493 e. The van der Waals surface area contributed by atoms with Gasteiger partial charge in [-0.15, -0.1) is 0 Å². The Morgan fingerprint density at radius 2 is 1.96 bits per heavy atom. The van der Waals surface area contributed by atoms with E-state index in [0.29, 0.717) is 0 Å². The van der Waals surface area contributed by atoms with Gasteiger partial charge >= 0.3 is 11.9 Å². The fourth-order valence-electron chi connectivity index (χ4n) is 2.63. The van der Waals surface area contributed by atoms with E-state index in [1.165, 1.54) is 33.1 Å². The number of hydrogen-bond acceptors (Lipinski definition) is 6. The number of ether oxygens (including phenoxy) is 2. The van der Waals surface area contributed by atoms with Crippen molar-refractivity contribution in [3.63, 3.8) is 0 Å². The van der Waals surface area contributed by atoms with Crippen LogP contribution in [0.5, 0.6) is 11.5 Å². The van der Waals surface area contributed by atoms with Crippen LogP contribution in [0.15, 0.2) is 21.3 Å². The highest BCUT2D eigenvalue weighted by molar-refractivity contribution is 5.85. The topological polar surface area (TPSA) is 103 Å². The van der Waals surface area contributed by atoms with Gasteiger partial charge in [0.1, 0.15) is 11.3 Å². The second-order valence-corrected chi connectivity index (χ2v) is 5.29. The zero-order chi connectivity index (χ0) is 18.0. The lowest BCUT2D eigenvalue weighted by Crippen LogP contribution is -2.21. The highest BCUT2D eigenvalue weighted by Crippen LogP contribution is 2.33. The van der Waals surface area contributed by atoms with Crippen molar-refractivity contribution in [1.82, 2.24) is 0 Å². The molecule has 0 radical (unpaired) electrons. The van der Waals surface area contributed by atoms with Crippen LogP contribution in [0.25, 0.3) is 11.0 Å². The summed E-state index contributed by atoms with van der Waals surface area (Å²) in [5.41, 5.74) is -0.131. The van der Waals surface area contributed by atoms with Crippen LogP contribution in [0.3, 0.4) is 0 Å². The first kappa shape index (κ1) is 17.5. The van der Waals surface area contributed by atoms with Crippen molar-refractivity contribution in [2.45, 2.75) is 33.1 Å². The average molecular weight is 334 g/mol. The summed E-state index contributed by atoms with van der Waals surface area (Å²) in [4.78, 5) is 35.3. The molecule has 0 aliphatic rings. The minimum atomic E-state index is -1.09. The van der Waals surface area contributed by atoms with Crippen molar-refractivity contribution in [3.05, 3.63) is 33.7 Å². The maximum absolute atomic E-state index is 12.8. The van der Waals surface area contributed by atoms with Gasteiger partial charge in [-0.25, -0.2) is 0 Å². The lowest BCUT2D eigenvalue weighted by molar-refractivity contribution is -0.139. The predicted molar refractivity (Wildman–Crippen MR) is 85.7 cm³/mol. The molecule has 0 saturated heterocycles. The van der Waals surface area contributed by atoms with Gasteiger partial charge in [0.2, 0.25) is 0 Å². The van der Waals surface area contributed by atoms with Crippen LogP contribution in [0.4, 0.5) is 0 Å². The zero-order valence-electron chi connectivity index (χ0n) is 13.8. The van der Waals surface area contributed by atoms with E-state index < -0.39 is 23.3 Å². The van der Waals surface area contributed by atoms with Crippen molar-refractivity contribution in [1.29, 1.82) is 0 Å². The van der Waals surface area contributed by atoms with Crippen molar-refractivity contribution >= 4 is 22.9 Å². The number of rotatable bonds is 5. The summed E-state index contributed by atoms with van der Waals surface area (Å²) in [5, 5.41) is 9.50. The first-order chi connectivity index (χ1) is 11.3. The average Bonchev–Trinajstić information content (AvgIpc) is 2.50. The summed E-state index contributed by atoms with van der Waals surface area (Å²) < 4.78 is 15.8. The van der Waals surface area contributed by atoms with Crippen molar-refractivity contribution < 1.29 is 28.6 Å². The molecule has 7 nitrogen and oxygen atoms in total. The predicted octanol–water partition coefficient (Wildman–Crippen LogP) is 2.61. The molecule has 128 valence electrons. The van der Waals surface area contributed by atoms with Gasteiger partial charge in [0.25, 0.3) is 0 Å². The molecule has 0 bridgehead atoms. The number of carbonyl (C=O) groups excluding carboxylic acids is 1. The lowest BCUT2D eigenvalue weighted by atomic mass is 9.94.